The van der Waals surface area contributed by atoms with Crippen LogP contribution in [-0.4, -0.2) is 19.1 Å². The van der Waals surface area contributed by atoms with Crippen LogP contribution in [0.1, 0.15) is 12.7 Å². The minimum Gasteiger partial charge on any atom is -0.309 e. The summed E-state index contributed by atoms with van der Waals surface area (Å²) < 4.78 is 4.66. The van der Waals surface area contributed by atoms with E-state index in [2.05, 4.69) is 204 Å². The zero-order valence-electron chi connectivity index (χ0n) is 30.9. The van der Waals surface area contributed by atoms with E-state index in [1.807, 2.05) is 0 Å². The predicted octanol–water partition coefficient (Wildman–Crippen LogP) is 13.4. The van der Waals surface area contributed by atoms with Gasteiger partial charge in [0.1, 0.15) is 5.82 Å². The Morgan fingerprint density at radius 3 is 1.79 bits per heavy atom. The molecule has 8 aromatic carbocycles. The number of fused-ring (bicyclic) bond motifs is 7. The molecule has 3 aromatic heterocycles. The van der Waals surface area contributed by atoms with Crippen LogP contribution >= 0.6 is 0 Å². The first-order valence-corrected chi connectivity index (χ1v) is 19.3. The lowest BCUT2D eigenvalue weighted by molar-refractivity contribution is 0.908. The number of pyridine rings is 1. The summed E-state index contributed by atoms with van der Waals surface area (Å²) in [5, 5.41) is 5.96. The zero-order chi connectivity index (χ0) is 37.2. The van der Waals surface area contributed by atoms with Crippen LogP contribution in [0.25, 0.3) is 99.4 Å². The number of benzene rings is 8. The Bertz CT molecular complexity index is 3250. The van der Waals surface area contributed by atoms with Crippen molar-refractivity contribution in [2.75, 3.05) is 0 Å². The fraction of sp³-hybridized carbons (Fsp3) is 0.0385. The molecule has 0 aliphatic heterocycles. The summed E-state index contributed by atoms with van der Waals surface area (Å²) in [5.74, 6) is 1.07. The first kappa shape index (κ1) is 32.2. The Morgan fingerprint density at radius 2 is 1.02 bits per heavy atom. The van der Waals surface area contributed by atoms with Crippen LogP contribution < -0.4 is 0 Å². The highest BCUT2D eigenvalue weighted by Crippen LogP contribution is 2.42. The van der Waals surface area contributed by atoms with E-state index < -0.39 is 0 Å². The number of hydrogen-bond acceptors (Lipinski definition) is 2. The second-order valence-corrected chi connectivity index (χ2v) is 14.5. The molecule has 11 rings (SSSR count). The SMILES string of the molecule is CCc1nc2ccccc2n1-c1ccc(-c2ccc(-c3cccc4nc(-c5ccccc5)c5cc6c(cc5c34)c3ccccc3n6-c3ccccc3)cc2)cc1. The average molecular weight is 717 g/mol. The lowest BCUT2D eigenvalue weighted by atomic mass is 9.92. The standard InChI is InChI=1S/C52H36N4/c1-2-50-53-45-20-10-12-23-48(45)56(50)39-30-28-35(29-31-39)34-24-26-36(27-25-34)40-19-13-21-46-51(40)43-32-42-41-18-9-11-22-47(41)55(38-16-7-4-8-17-38)49(42)33-44(43)52(54-46)37-14-5-3-6-15-37/h3-33H,2H2,1H3. The molecule has 0 radical (unpaired) electrons. The molecule has 264 valence electrons. The van der Waals surface area contributed by atoms with Gasteiger partial charge < -0.3 is 4.57 Å². The maximum atomic E-state index is 5.43. The normalized spacial score (nSPS) is 11.7. The van der Waals surface area contributed by atoms with Crippen molar-refractivity contribution in [2.45, 2.75) is 13.3 Å². The van der Waals surface area contributed by atoms with E-state index in [0.717, 1.165) is 67.8 Å². The largest absolute Gasteiger partial charge is 0.309 e. The van der Waals surface area contributed by atoms with Crippen molar-refractivity contribution in [3.63, 3.8) is 0 Å². The van der Waals surface area contributed by atoms with E-state index >= 15 is 0 Å². The van der Waals surface area contributed by atoms with Gasteiger partial charge in [0, 0.05) is 44.9 Å². The lowest BCUT2D eigenvalue weighted by Gasteiger charge is -2.15. The third kappa shape index (κ3) is 5.07. The molecule has 0 saturated carbocycles. The van der Waals surface area contributed by atoms with Crippen molar-refractivity contribution >= 4 is 54.5 Å². The summed E-state index contributed by atoms with van der Waals surface area (Å²) >= 11 is 0. The summed E-state index contributed by atoms with van der Waals surface area (Å²) in [5.41, 5.74) is 14.6. The van der Waals surface area contributed by atoms with Crippen molar-refractivity contribution in [3.05, 3.63) is 194 Å². The van der Waals surface area contributed by atoms with Gasteiger partial charge in [-0.15, -0.1) is 0 Å². The third-order valence-corrected chi connectivity index (χ3v) is 11.3. The summed E-state index contributed by atoms with van der Waals surface area (Å²) in [6.45, 7) is 2.16. The van der Waals surface area contributed by atoms with E-state index in [1.165, 1.54) is 43.9 Å². The van der Waals surface area contributed by atoms with E-state index in [4.69, 9.17) is 9.97 Å². The van der Waals surface area contributed by atoms with Gasteiger partial charge in [0.2, 0.25) is 0 Å². The van der Waals surface area contributed by atoms with Gasteiger partial charge in [0.15, 0.2) is 0 Å². The molecule has 4 heteroatoms. The Morgan fingerprint density at radius 1 is 0.393 bits per heavy atom. The fourth-order valence-corrected chi connectivity index (χ4v) is 8.67. The molecule has 0 N–H and O–H groups in total. The number of aryl methyl sites for hydroxylation is 1. The summed E-state index contributed by atoms with van der Waals surface area (Å²) in [6, 6.07) is 67.6. The first-order chi connectivity index (χ1) is 27.7. The van der Waals surface area contributed by atoms with Crippen molar-refractivity contribution in [1.82, 2.24) is 19.1 Å². The van der Waals surface area contributed by atoms with E-state index in [-0.39, 0.29) is 0 Å². The van der Waals surface area contributed by atoms with Gasteiger partial charge >= 0.3 is 0 Å². The van der Waals surface area contributed by atoms with Gasteiger partial charge in [-0.1, -0.05) is 134 Å². The van der Waals surface area contributed by atoms with Crippen LogP contribution in [0, 0.1) is 0 Å². The third-order valence-electron chi connectivity index (χ3n) is 11.3. The molecule has 11 aromatic rings. The van der Waals surface area contributed by atoms with Gasteiger partial charge in [-0.3, -0.25) is 4.57 Å². The molecule has 0 unspecified atom stereocenters. The topological polar surface area (TPSA) is 35.6 Å². The van der Waals surface area contributed by atoms with Gasteiger partial charge in [-0.2, -0.15) is 0 Å². The Balaban J connectivity index is 1.08. The average Bonchev–Trinajstić information content (AvgIpc) is 3.81. The van der Waals surface area contributed by atoms with E-state index in [9.17, 15) is 0 Å². The summed E-state index contributed by atoms with van der Waals surface area (Å²) in [6.07, 6.45) is 0.867. The molecule has 0 bridgehead atoms. The van der Waals surface area contributed by atoms with Crippen molar-refractivity contribution in [1.29, 1.82) is 0 Å². The van der Waals surface area contributed by atoms with Crippen LogP contribution in [0.4, 0.5) is 0 Å². The zero-order valence-corrected chi connectivity index (χ0v) is 30.9. The molecule has 3 heterocycles. The first-order valence-electron chi connectivity index (χ1n) is 19.3. The summed E-state index contributed by atoms with van der Waals surface area (Å²) in [4.78, 5) is 10.3. The highest BCUT2D eigenvalue weighted by atomic mass is 15.1. The maximum absolute atomic E-state index is 5.43. The van der Waals surface area contributed by atoms with Crippen molar-refractivity contribution in [3.8, 4) is 44.9 Å². The highest BCUT2D eigenvalue weighted by molar-refractivity contribution is 6.22. The smallest absolute Gasteiger partial charge is 0.114 e. The van der Waals surface area contributed by atoms with Crippen LogP contribution in [0.5, 0.6) is 0 Å². The fourth-order valence-electron chi connectivity index (χ4n) is 8.67. The van der Waals surface area contributed by atoms with Crippen LogP contribution in [0.3, 0.4) is 0 Å². The number of imidazole rings is 1. The lowest BCUT2D eigenvalue weighted by Crippen LogP contribution is -1.99. The molecule has 0 fully saturated rings. The Labute approximate surface area is 324 Å². The molecule has 0 atom stereocenters. The molecule has 0 amide bonds. The van der Waals surface area contributed by atoms with Gasteiger partial charge in [-0.25, -0.2) is 9.97 Å². The number of para-hydroxylation sites is 4. The number of rotatable bonds is 6. The van der Waals surface area contributed by atoms with Crippen LogP contribution in [0.15, 0.2) is 188 Å². The van der Waals surface area contributed by atoms with Crippen molar-refractivity contribution in [2.24, 2.45) is 0 Å². The van der Waals surface area contributed by atoms with Gasteiger partial charge in [-0.05, 0) is 88.3 Å². The second-order valence-electron chi connectivity index (χ2n) is 14.5. The number of hydrogen-bond donors (Lipinski definition) is 0. The molecular formula is C52H36N4. The highest BCUT2D eigenvalue weighted by Gasteiger charge is 2.19. The quantitative estimate of drug-likeness (QED) is 0.161. The number of nitrogens with zero attached hydrogens (tertiary/aromatic N) is 4. The molecule has 56 heavy (non-hydrogen) atoms. The molecule has 0 saturated heterocycles. The van der Waals surface area contributed by atoms with Gasteiger partial charge in [0.05, 0.1) is 33.3 Å². The molecule has 0 spiro atoms. The van der Waals surface area contributed by atoms with Crippen molar-refractivity contribution < 1.29 is 0 Å². The Kier molecular flexibility index (Phi) is 7.42. The van der Waals surface area contributed by atoms with Crippen LogP contribution in [0.2, 0.25) is 0 Å². The molecule has 4 nitrogen and oxygen atoms in total. The van der Waals surface area contributed by atoms with E-state index in [1.54, 1.807) is 0 Å². The maximum Gasteiger partial charge on any atom is 0.114 e. The summed E-state index contributed by atoms with van der Waals surface area (Å²) in [7, 11) is 0. The second kappa shape index (κ2) is 12.9. The Hall–Kier alpha value is -7.30. The monoisotopic (exact) mass is 716 g/mol. The minimum atomic E-state index is 0.867. The van der Waals surface area contributed by atoms with Crippen LogP contribution in [-0.2, 0) is 6.42 Å². The van der Waals surface area contributed by atoms with Gasteiger partial charge in [0.25, 0.3) is 0 Å². The van der Waals surface area contributed by atoms with E-state index in [0.29, 0.717) is 0 Å². The molecule has 0 aliphatic carbocycles. The molecule has 0 aliphatic rings. The number of aromatic nitrogens is 4. The minimum absolute atomic E-state index is 0.867. The molecular weight excluding hydrogens is 681 g/mol. The predicted molar refractivity (Wildman–Crippen MR) is 234 cm³/mol.